The highest BCUT2D eigenvalue weighted by Gasteiger charge is 2.26. The maximum atomic E-state index is 14.0. The minimum absolute atomic E-state index is 0.0189. The van der Waals surface area contributed by atoms with Crippen molar-refractivity contribution in [1.29, 1.82) is 0 Å². The molecule has 4 rings (SSSR count). The lowest BCUT2D eigenvalue weighted by Crippen LogP contribution is -2.51. The van der Waals surface area contributed by atoms with Gasteiger partial charge in [-0.15, -0.1) is 0 Å². The highest BCUT2D eigenvalue weighted by Crippen LogP contribution is 2.18. The van der Waals surface area contributed by atoms with E-state index in [1.54, 1.807) is 29.2 Å². The van der Waals surface area contributed by atoms with Crippen molar-refractivity contribution in [2.75, 3.05) is 26.2 Å². The molecule has 2 aromatic carbocycles. The fourth-order valence-electron chi connectivity index (χ4n) is 3.76. The Morgan fingerprint density at radius 1 is 0.969 bits per heavy atom. The van der Waals surface area contributed by atoms with Crippen LogP contribution in [0.2, 0.25) is 5.02 Å². The summed E-state index contributed by atoms with van der Waals surface area (Å²) in [5.74, 6) is -1.32. The molecule has 0 saturated carbocycles. The summed E-state index contributed by atoms with van der Waals surface area (Å²) in [6.45, 7) is 1.11. The average molecular weight is 459 g/mol. The Balaban J connectivity index is 1.37. The number of carbonyl (C=O) groups excluding carboxylic acids is 2. The van der Waals surface area contributed by atoms with Crippen molar-refractivity contribution in [3.63, 3.8) is 0 Å². The van der Waals surface area contributed by atoms with Crippen LogP contribution in [0.5, 0.6) is 0 Å². The molecule has 0 bridgehead atoms. The van der Waals surface area contributed by atoms with Crippen LogP contribution in [0.15, 0.2) is 52.1 Å². The van der Waals surface area contributed by atoms with Gasteiger partial charge in [-0.1, -0.05) is 23.7 Å². The molecule has 0 spiro atoms. The summed E-state index contributed by atoms with van der Waals surface area (Å²) in [5, 5.41) is 3.37. The zero-order chi connectivity index (χ0) is 22.8. The van der Waals surface area contributed by atoms with E-state index < -0.39 is 17.3 Å². The Morgan fingerprint density at radius 3 is 2.34 bits per heavy atom. The van der Waals surface area contributed by atoms with Crippen molar-refractivity contribution in [3.8, 4) is 0 Å². The van der Waals surface area contributed by atoms with Crippen molar-refractivity contribution in [1.82, 2.24) is 19.6 Å². The van der Waals surface area contributed by atoms with Crippen LogP contribution in [0.25, 0.3) is 10.8 Å². The molecule has 1 fully saturated rings. The second-order valence-corrected chi connectivity index (χ2v) is 7.93. The third kappa shape index (κ3) is 4.29. The lowest BCUT2D eigenvalue weighted by atomic mass is 10.1. The molecule has 0 atom stereocenters. The Labute approximate surface area is 186 Å². The smallest absolute Gasteiger partial charge is 0.273 e. The van der Waals surface area contributed by atoms with Crippen molar-refractivity contribution < 1.29 is 14.0 Å². The third-order valence-electron chi connectivity index (χ3n) is 5.51. The van der Waals surface area contributed by atoms with Gasteiger partial charge in [0.15, 0.2) is 0 Å². The fourth-order valence-corrected chi connectivity index (χ4v) is 3.93. The van der Waals surface area contributed by atoms with Gasteiger partial charge in [-0.2, -0.15) is 0 Å². The van der Waals surface area contributed by atoms with Gasteiger partial charge in [0.1, 0.15) is 5.82 Å². The first-order valence-corrected chi connectivity index (χ1v) is 10.5. The molecule has 1 aliphatic rings. The van der Waals surface area contributed by atoms with Crippen molar-refractivity contribution in [2.24, 2.45) is 0 Å². The van der Waals surface area contributed by atoms with Gasteiger partial charge in [0, 0.05) is 37.6 Å². The summed E-state index contributed by atoms with van der Waals surface area (Å²) in [7, 11) is 0. The molecule has 32 heavy (non-hydrogen) atoms. The molecule has 0 aliphatic carbocycles. The monoisotopic (exact) mass is 458 g/mol. The molecule has 1 aliphatic heterocycles. The number of carbonyl (C=O) groups is 2. The van der Waals surface area contributed by atoms with E-state index >= 15 is 0 Å². The number of benzene rings is 2. The van der Waals surface area contributed by atoms with Gasteiger partial charge in [-0.05, 0) is 30.3 Å². The summed E-state index contributed by atoms with van der Waals surface area (Å²) in [5.41, 5.74) is -0.864. The van der Waals surface area contributed by atoms with Crippen molar-refractivity contribution in [3.05, 3.63) is 79.6 Å². The number of nitrogens with zero attached hydrogens (tertiary/aromatic N) is 3. The van der Waals surface area contributed by atoms with Crippen LogP contribution in [-0.4, -0.2) is 57.6 Å². The Morgan fingerprint density at radius 2 is 1.62 bits per heavy atom. The van der Waals surface area contributed by atoms with E-state index in [-0.39, 0.29) is 61.2 Å². The standard InChI is InChI=1S/C22H20ClFN4O4/c23-14-5-6-18(24)17(13-14)21(31)27-11-9-26(10-12-27)19(29)7-8-28-22(32)16-4-2-1-3-15(16)20(30)25-28/h1-6,13H,7-12H2,(H,25,30). The van der Waals surface area contributed by atoms with Crippen LogP contribution in [0.4, 0.5) is 4.39 Å². The van der Waals surface area contributed by atoms with Crippen LogP contribution in [0.1, 0.15) is 16.8 Å². The number of piperazine rings is 1. The van der Waals surface area contributed by atoms with Crippen molar-refractivity contribution >= 4 is 34.2 Å². The van der Waals surface area contributed by atoms with Gasteiger partial charge in [0.25, 0.3) is 17.0 Å². The first kappa shape index (κ1) is 21.8. The number of hydrogen-bond donors (Lipinski definition) is 1. The first-order chi connectivity index (χ1) is 15.3. The lowest BCUT2D eigenvalue weighted by Gasteiger charge is -2.35. The summed E-state index contributed by atoms with van der Waals surface area (Å²) >= 11 is 5.87. The van der Waals surface area contributed by atoms with Crippen LogP contribution in [0.3, 0.4) is 0 Å². The number of nitrogens with one attached hydrogen (secondary N) is 1. The molecule has 3 aromatic rings. The van der Waals surface area contributed by atoms with E-state index in [0.717, 1.165) is 10.7 Å². The predicted octanol–water partition coefficient (Wildman–Crippen LogP) is 1.86. The van der Waals surface area contributed by atoms with Crippen LogP contribution < -0.4 is 11.1 Å². The van der Waals surface area contributed by atoms with E-state index in [1.807, 2.05) is 0 Å². The number of H-pyrrole nitrogens is 1. The number of amides is 2. The van der Waals surface area contributed by atoms with Gasteiger partial charge in [0.05, 0.1) is 22.9 Å². The second-order valence-electron chi connectivity index (χ2n) is 7.49. The highest BCUT2D eigenvalue weighted by molar-refractivity contribution is 6.31. The van der Waals surface area contributed by atoms with Crippen LogP contribution in [0, 0.1) is 5.82 Å². The zero-order valence-electron chi connectivity index (χ0n) is 17.0. The Bertz CT molecular complexity index is 1310. The number of aromatic nitrogens is 2. The summed E-state index contributed by atoms with van der Waals surface area (Å²) in [6.07, 6.45) is 0.0189. The molecule has 0 unspecified atom stereocenters. The molecule has 1 N–H and O–H groups in total. The highest BCUT2D eigenvalue weighted by atomic mass is 35.5. The number of aryl methyl sites for hydroxylation is 1. The molecule has 1 saturated heterocycles. The largest absolute Gasteiger partial charge is 0.339 e. The molecule has 8 nitrogen and oxygen atoms in total. The van der Waals surface area contributed by atoms with E-state index in [2.05, 4.69) is 5.10 Å². The van der Waals surface area contributed by atoms with E-state index in [0.29, 0.717) is 10.8 Å². The first-order valence-electron chi connectivity index (χ1n) is 10.1. The van der Waals surface area contributed by atoms with Crippen molar-refractivity contribution in [2.45, 2.75) is 13.0 Å². The van der Waals surface area contributed by atoms with Gasteiger partial charge in [-0.25, -0.2) is 9.07 Å². The maximum Gasteiger partial charge on any atom is 0.273 e. The minimum atomic E-state index is -0.646. The van der Waals surface area contributed by atoms with E-state index in [1.165, 1.54) is 17.0 Å². The molecule has 1 aromatic heterocycles. The number of rotatable bonds is 4. The number of fused-ring (bicyclic) bond motifs is 1. The van der Waals surface area contributed by atoms with Gasteiger partial charge < -0.3 is 9.80 Å². The average Bonchev–Trinajstić information content (AvgIpc) is 2.81. The molecule has 166 valence electrons. The van der Waals surface area contributed by atoms with Gasteiger partial charge in [-0.3, -0.25) is 24.3 Å². The molecular formula is C22H20ClFN4O4. The second kappa shape index (κ2) is 8.96. The zero-order valence-corrected chi connectivity index (χ0v) is 17.8. The SMILES string of the molecule is O=C(CCn1[nH]c(=O)c2ccccc2c1=O)N1CCN(C(=O)c2cc(Cl)ccc2F)CC1. The van der Waals surface area contributed by atoms with E-state index in [4.69, 9.17) is 11.6 Å². The quantitative estimate of drug-likeness (QED) is 0.645. The summed E-state index contributed by atoms with van der Waals surface area (Å²) in [6, 6.07) is 10.3. The predicted molar refractivity (Wildman–Crippen MR) is 117 cm³/mol. The molecule has 2 amide bonds. The summed E-state index contributed by atoms with van der Waals surface area (Å²) in [4.78, 5) is 53.0. The lowest BCUT2D eigenvalue weighted by molar-refractivity contribution is -0.133. The number of halogens is 2. The molecule has 0 radical (unpaired) electrons. The van der Waals surface area contributed by atoms with Gasteiger partial charge in [0.2, 0.25) is 5.91 Å². The van der Waals surface area contributed by atoms with Gasteiger partial charge >= 0.3 is 0 Å². The third-order valence-corrected chi connectivity index (χ3v) is 5.75. The normalized spacial score (nSPS) is 14.1. The summed E-state index contributed by atoms with van der Waals surface area (Å²) < 4.78 is 15.1. The van der Waals surface area contributed by atoms with Crippen LogP contribution >= 0.6 is 11.6 Å². The Hall–Kier alpha value is -3.46. The fraction of sp³-hybridized carbons (Fsp3) is 0.273. The maximum absolute atomic E-state index is 14.0. The number of aromatic amines is 1. The number of hydrogen-bond acceptors (Lipinski definition) is 4. The minimum Gasteiger partial charge on any atom is -0.339 e. The molecule has 10 heteroatoms. The molecular weight excluding hydrogens is 439 g/mol. The topological polar surface area (TPSA) is 95.5 Å². The van der Waals surface area contributed by atoms with Crippen LogP contribution in [-0.2, 0) is 11.3 Å². The Kier molecular flexibility index (Phi) is 6.09. The molecule has 2 heterocycles. The van der Waals surface area contributed by atoms with E-state index in [9.17, 15) is 23.6 Å².